The minimum absolute atomic E-state index is 0.193. The second-order valence-corrected chi connectivity index (χ2v) is 8.65. The minimum atomic E-state index is 0.193. The molecule has 0 radical (unpaired) electrons. The first-order chi connectivity index (χ1) is 13.2. The number of hydrogen-bond acceptors (Lipinski definition) is 6. The lowest BCUT2D eigenvalue weighted by atomic mass is 10.0. The van der Waals surface area contributed by atoms with Crippen LogP contribution in [0.2, 0.25) is 0 Å². The maximum atomic E-state index is 10.4. The largest absolute Gasteiger partial charge is 0.507 e. The van der Waals surface area contributed by atoms with Gasteiger partial charge in [-0.2, -0.15) is 5.10 Å². The van der Waals surface area contributed by atoms with E-state index in [2.05, 4.69) is 25.7 Å². The Bertz CT molecular complexity index is 916. The molecule has 2 aliphatic heterocycles. The summed E-state index contributed by atoms with van der Waals surface area (Å²) in [6.07, 6.45) is 8.56. The summed E-state index contributed by atoms with van der Waals surface area (Å²) in [4.78, 5) is 0. The Morgan fingerprint density at radius 2 is 1.85 bits per heavy atom. The van der Waals surface area contributed by atoms with E-state index in [1.54, 1.807) is 18.5 Å². The molecule has 27 heavy (non-hydrogen) atoms. The lowest BCUT2D eigenvalue weighted by Crippen LogP contribution is -2.39. The number of fused-ring (bicyclic) bond motifs is 2. The Morgan fingerprint density at radius 3 is 2.52 bits per heavy atom. The van der Waals surface area contributed by atoms with Crippen molar-refractivity contribution in [1.82, 2.24) is 25.7 Å². The number of aromatic hydroxyl groups is 1. The van der Waals surface area contributed by atoms with Crippen LogP contribution in [0.15, 0.2) is 47.8 Å². The number of benzene rings is 1. The second-order valence-electron chi connectivity index (χ2n) is 7.32. The summed E-state index contributed by atoms with van der Waals surface area (Å²) < 4.78 is 0. The molecule has 2 saturated heterocycles. The number of phenols is 1. The van der Waals surface area contributed by atoms with Gasteiger partial charge in [0.05, 0.1) is 11.9 Å². The zero-order valence-corrected chi connectivity index (χ0v) is 15.6. The molecular formula is C20H21N5OS. The van der Waals surface area contributed by atoms with Gasteiger partial charge in [0.25, 0.3) is 0 Å². The fraction of sp³-hybridized carbons (Fsp3) is 0.350. The Balaban J connectivity index is 1.31. The van der Waals surface area contributed by atoms with Crippen molar-refractivity contribution < 1.29 is 5.11 Å². The van der Waals surface area contributed by atoms with Crippen molar-refractivity contribution in [3.8, 4) is 28.1 Å². The van der Waals surface area contributed by atoms with E-state index in [1.165, 1.54) is 25.7 Å². The highest BCUT2D eigenvalue weighted by Gasteiger charge is 2.34. The number of phenolic OH excluding ortho intramolecular Hbond substituents is 1. The molecule has 2 unspecified atom stereocenters. The van der Waals surface area contributed by atoms with Crippen molar-refractivity contribution in [2.75, 3.05) is 0 Å². The van der Waals surface area contributed by atoms with Crippen LogP contribution in [-0.4, -0.2) is 42.8 Å². The van der Waals surface area contributed by atoms with Gasteiger partial charge in [0.15, 0.2) is 0 Å². The van der Waals surface area contributed by atoms with Crippen LogP contribution in [0.4, 0.5) is 0 Å². The maximum absolute atomic E-state index is 10.4. The van der Waals surface area contributed by atoms with E-state index in [4.69, 9.17) is 0 Å². The monoisotopic (exact) mass is 379 g/mol. The highest BCUT2D eigenvalue weighted by Crippen LogP contribution is 2.37. The Kier molecular flexibility index (Phi) is 4.33. The SMILES string of the molecule is Oc1cc(-c2cn[nH]c2)ccc1-c1ccc(SC2CC3CCC(C2)N3)nn1. The molecule has 2 atom stereocenters. The summed E-state index contributed by atoms with van der Waals surface area (Å²) in [6, 6.07) is 10.9. The van der Waals surface area contributed by atoms with Crippen molar-refractivity contribution in [3.05, 3.63) is 42.7 Å². The van der Waals surface area contributed by atoms with E-state index in [-0.39, 0.29) is 5.75 Å². The lowest BCUT2D eigenvalue weighted by Gasteiger charge is -2.28. The quantitative estimate of drug-likeness (QED) is 0.642. The topological polar surface area (TPSA) is 86.7 Å². The smallest absolute Gasteiger partial charge is 0.125 e. The van der Waals surface area contributed by atoms with Gasteiger partial charge in [0.2, 0.25) is 0 Å². The molecule has 0 spiro atoms. The van der Waals surface area contributed by atoms with Crippen LogP contribution in [0.3, 0.4) is 0 Å². The molecule has 7 heteroatoms. The molecule has 0 amide bonds. The Morgan fingerprint density at radius 1 is 1.00 bits per heavy atom. The number of piperidine rings is 1. The number of thioether (sulfide) groups is 1. The van der Waals surface area contributed by atoms with Crippen LogP contribution in [0.25, 0.3) is 22.4 Å². The fourth-order valence-electron chi connectivity index (χ4n) is 4.14. The van der Waals surface area contributed by atoms with E-state index in [9.17, 15) is 5.11 Å². The van der Waals surface area contributed by atoms with Crippen LogP contribution in [-0.2, 0) is 0 Å². The summed E-state index contributed by atoms with van der Waals surface area (Å²) in [5, 5.41) is 31.2. The van der Waals surface area contributed by atoms with E-state index in [0.717, 1.165) is 16.2 Å². The van der Waals surface area contributed by atoms with Crippen LogP contribution in [0.1, 0.15) is 25.7 Å². The van der Waals surface area contributed by atoms with Crippen LogP contribution in [0.5, 0.6) is 5.75 Å². The van der Waals surface area contributed by atoms with E-state index < -0.39 is 0 Å². The van der Waals surface area contributed by atoms with Gasteiger partial charge in [-0.15, -0.1) is 22.0 Å². The van der Waals surface area contributed by atoms with Gasteiger partial charge >= 0.3 is 0 Å². The molecule has 0 aliphatic carbocycles. The predicted octanol–water partition coefficient (Wildman–Crippen LogP) is 3.61. The summed E-state index contributed by atoms with van der Waals surface area (Å²) in [5.41, 5.74) is 3.21. The average molecular weight is 379 g/mol. The lowest BCUT2D eigenvalue weighted by molar-refractivity contribution is 0.414. The van der Waals surface area contributed by atoms with Crippen LogP contribution >= 0.6 is 11.8 Å². The highest BCUT2D eigenvalue weighted by molar-refractivity contribution is 7.99. The minimum Gasteiger partial charge on any atom is -0.507 e. The number of nitrogens with zero attached hydrogens (tertiary/aromatic N) is 3. The van der Waals surface area contributed by atoms with Crippen molar-refractivity contribution >= 4 is 11.8 Å². The molecule has 3 aromatic rings. The molecule has 138 valence electrons. The highest BCUT2D eigenvalue weighted by atomic mass is 32.2. The number of rotatable bonds is 4. The molecule has 6 nitrogen and oxygen atoms in total. The number of hydrogen-bond donors (Lipinski definition) is 3. The number of nitrogens with one attached hydrogen (secondary N) is 2. The average Bonchev–Trinajstić information content (AvgIpc) is 3.32. The standard InChI is InChI=1S/C20H21N5OS/c26-19-7-12(13-10-21-22-11-13)1-4-17(19)18-5-6-20(25-24-18)27-16-8-14-2-3-15(9-16)23-14/h1,4-7,10-11,14-16,23,26H,2-3,8-9H2,(H,21,22). The van der Waals surface area contributed by atoms with Crippen molar-refractivity contribution in [3.63, 3.8) is 0 Å². The molecule has 3 N–H and O–H groups in total. The summed E-state index contributed by atoms with van der Waals surface area (Å²) >= 11 is 1.83. The zero-order chi connectivity index (χ0) is 18.2. The van der Waals surface area contributed by atoms with Gasteiger partial charge in [-0.25, -0.2) is 0 Å². The molecule has 5 rings (SSSR count). The Hall–Kier alpha value is -2.38. The maximum Gasteiger partial charge on any atom is 0.125 e. The summed E-state index contributed by atoms with van der Waals surface area (Å²) in [6.45, 7) is 0. The molecule has 2 aromatic heterocycles. The molecular weight excluding hydrogens is 358 g/mol. The molecule has 1 aromatic carbocycles. The normalized spacial score (nSPS) is 24.2. The molecule has 4 heterocycles. The summed E-state index contributed by atoms with van der Waals surface area (Å²) in [7, 11) is 0. The molecule has 2 fully saturated rings. The summed E-state index contributed by atoms with van der Waals surface area (Å²) in [5.74, 6) is 0.193. The van der Waals surface area contributed by atoms with E-state index >= 15 is 0 Å². The number of aromatic amines is 1. The number of aromatic nitrogens is 4. The fourth-order valence-corrected chi connectivity index (χ4v) is 5.37. The third kappa shape index (κ3) is 3.44. The van der Waals surface area contributed by atoms with Gasteiger partial charge < -0.3 is 10.4 Å². The van der Waals surface area contributed by atoms with Gasteiger partial charge in [0, 0.05) is 34.7 Å². The van der Waals surface area contributed by atoms with Gasteiger partial charge in [-0.05, 0) is 55.5 Å². The van der Waals surface area contributed by atoms with Crippen LogP contribution in [0, 0.1) is 0 Å². The van der Waals surface area contributed by atoms with Gasteiger partial charge in [-0.1, -0.05) is 6.07 Å². The molecule has 2 aliphatic rings. The number of H-pyrrole nitrogens is 1. The first-order valence-corrected chi connectivity index (χ1v) is 10.2. The van der Waals surface area contributed by atoms with Crippen molar-refractivity contribution in [1.29, 1.82) is 0 Å². The third-order valence-electron chi connectivity index (χ3n) is 5.46. The molecule has 2 bridgehead atoms. The molecule has 0 saturated carbocycles. The van der Waals surface area contributed by atoms with Crippen molar-refractivity contribution in [2.45, 2.75) is 48.0 Å². The van der Waals surface area contributed by atoms with Gasteiger partial charge in [-0.3, -0.25) is 5.10 Å². The Labute approximate surface area is 161 Å². The van der Waals surface area contributed by atoms with Gasteiger partial charge in [0.1, 0.15) is 10.8 Å². The zero-order valence-electron chi connectivity index (χ0n) is 14.8. The van der Waals surface area contributed by atoms with E-state index in [0.29, 0.717) is 28.6 Å². The first kappa shape index (κ1) is 16.8. The van der Waals surface area contributed by atoms with Crippen molar-refractivity contribution in [2.24, 2.45) is 0 Å². The second kappa shape index (κ2) is 6.98. The third-order valence-corrected chi connectivity index (χ3v) is 6.64. The van der Waals surface area contributed by atoms with Crippen LogP contribution < -0.4 is 5.32 Å². The predicted molar refractivity (Wildman–Crippen MR) is 106 cm³/mol. The first-order valence-electron chi connectivity index (χ1n) is 9.33. The van der Waals surface area contributed by atoms with E-state index in [1.807, 2.05) is 36.0 Å².